The summed E-state index contributed by atoms with van der Waals surface area (Å²) in [7, 11) is 0. The highest BCUT2D eigenvalue weighted by Gasteiger charge is 2.38. The van der Waals surface area contributed by atoms with Crippen molar-refractivity contribution in [3.05, 3.63) is 58.9 Å². The molecule has 0 saturated heterocycles. The molecule has 3 aromatic rings. The third kappa shape index (κ3) is 4.67. The Morgan fingerprint density at radius 1 is 1.21 bits per heavy atom. The van der Waals surface area contributed by atoms with Crippen LogP contribution in [-0.4, -0.2) is 44.8 Å². The molecule has 0 fully saturated rings. The average molecular weight is 457 g/mol. The van der Waals surface area contributed by atoms with E-state index in [0.29, 0.717) is 28.2 Å². The van der Waals surface area contributed by atoms with Crippen LogP contribution in [0.25, 0.3) is 11.0 Å². The van der Waals surface area contributed by atoms with Crippen molar-refractivity contribution in [2.45, 2.75) is 32.0 Å². The number of aromatic nitrogens is 2. The van der Waals surface area contributed by atoms with Crippen LogP contribution in [0.3, 0.4) is 0 Å². The van der Waals surface area contributed by atoms with E-state index in [9.17, 15) is 23.2 Å². The Morgan fingerprint density at radius 3 is 2.73 bits per heavy atom. The minimum Gasteiger partial charge on any atom is -0.481 e. The van der Waals surface area contributed by atoms with Gasteiger partial charge in [-0.15, -0.1) is 0 Å². The van der Waals surface area contributed by atoms with E-state index in [1.165, 1.54) is 6.92 Å². The molecule has 9 nitrogen and oxygen atoms in total. The van der Waals surface area contributed by atoms with E-state index in [1.807, 2.05) is 0 Å². The number of imidazole rings is 1. The maximum absolute atomic E-state index is 13.3. The molecule has 33 heavy (non-hydrogen) atoms. The van der Waals surface area contributed by atoms with E-state index >= 15 is 0 Å². The number of Topliss-reactive ketones (excluding diaryl/α,β-unsaturated/α-hetero) is 1. The lowest BCUT2D eigenvalue weighted by molar-refractivity contribution is -0.141. The predicted octanol–water partition coefficient (Wildman–Crippen LogP) is 2.09. The largest absolute Gasteiger partial charge is 0.481 e. The molecule has 1 atom stereocenters. The molecule has 172 valence electrons. The molecule has 1 aliphatic rings. The van der Waals surface area contributed by atoms with Crippen molar-refractivity contribution in [1.29, 1.82) is 0 Å². The quantitative estimate of drug-likeness (QED) is 0.343. The van der Waals surface area contributed by atoms with E-state index in [1.54, 1.807) is 18.2 Å². The number of carboxylic acid groups (broad SMARTS) is 1. The topological polar surface area (TPSA) is 136 Å². The zero-order valence-corrected chi connectivity index (χ0v) is 17.6. The highest BCUT2D eigenvalue weighted by molar-refractivity contribution is 5.99. The molecule has 0 spiro atoms. The molecular weight excluding hydrogens is 436 g/mol. The van der Waals surface area contributed by atoms with Crippen LogP contribution in [0, 0.1) is 11.6 Å². The molecular formula is C22H21F2N5O4. The highest BCUT2D eigenvalue weighted by atomic mass is 19.2. The number of benzene rings is 2. The number of fused-ring (bicyclic) bond motifs is 2. The number of halogens is 2. The Bertz CT molecular complexity index is 1240. The molecule has 0 radical (unpaired) electrons. The number of carboxylic acids is 1. The summed E-state index contributed by atoms with van der Waals surface area (Å²) in [5, 5.41) is 17.7. The second-order valence-electron chi connectivity index (χ2n) is 8.08. The number of hydrogen-bond acceptors (Lipinski definition) is 6. The molecule has 4 rings (SSSR count). The van der Waals surface area contributed by atoms with Crippen molar-refractivity contribution < 1.29 is 28.3 Å². The lowest BCUT2D eigenvalue weighted by Crippen LogP contribution is -2.49. The molecule has 5 N–H and O–H groups in total. The smallest absolute Gasteiger partial charge is 0.306 e. The van der Waals surface area contributed by atoms with E-state index in [2.05, 4.69) is 25.9 Å². The molecule has 0 saturated carbocycles. The first kappa shape index (κ1) is 22.3. The van der Waals surface area contributed by atoms with Crippen molar-refractivity contribution in [3.63, 3.8) is 0 Å². The fourth-order valence-electron chi connectivity index (χ4n) is 3.72. The number of ketones is 1. The lowest BCUT2D eigenvalue weighted by atomic mass is 9.96. The van der Waals surface area contributed by atoms with Crippen LogP contribution in [0.5, 0.6) is 0 Å². The zero-order chi connectivity index (χ0) is 23.8. The third-order valence-corrected chi connectivity index (χ3v) is 5.43. The van der Waals surface area contributed by atoms with Crippen LogP contribution in [0.1, 0.15) is 35.1 Å². The van der Waals surface area contributed by atoms with Gasteiger partial charge in [0.2, 0.25) is 5.91 Å². The summed E-state index contributed by atoms with van der Waals surface area (Å²) in [6, 6.07) is 6.91. The standard InChI is InChI=1S/C22H21F2N5O4/c1-22(7-20(31)32)21(33)26-8-12-4-11(2-3-15(12)29-22)18(30)9-25-10-19-27-16-5-13(23)14(24)6-17(16)28-19/h2-6,25,29H,7-10H2,1H3,(H,26,33)(H,27,28)(H,31,32). The second-order valence-corrected chi connectivity index (χ2v) is 8.08. The van der Waals surface area contributed by atoms with E-state index in [-0.39, 0.29) is 30.9 Å². The number of carbonyl (C=O) groups excluding carboxylic acids is 2. The summed E-state index contributed by atoms with van der Waals surface area (Å²) < 4.78 is 26.7. The van der Waals surface area contributed by atoms with Crippen molar-refractivity contribution >= 4 is 34.4 Å². The van der Waals surface area contributed by atoms with Crippen LogP contribution in [0.15, 0.2) is 30.3 Å². The van der Waals surface area contributed by atoms with Gasteiger partial charge in [0.15, 0.2) is 17.4 Å². The minimum absolute atomic E-state index is 0.0188. The summed E-state index contributed by atoms with van der Waals surface area (Å²) >= 11 is 0. The van der Waals surface area contributed by atoms with Crippen LogP contribution in [0.4, 0.5) is 14.5 Å². The van der Waals surface area contributed by atoms with Crippen LogP contribution < -0.4 is 16.0 Å². The Hall–Kier alpha value is -3.86. The van der Waals surface area contributed by atoms with Gasteiger partial charge in [0.05, 0.1) is 30.5 Å². The summed E-state index contributed by atoms with van der Waals surface area (Å²) in [5.74, 6) is -3.30. The average Bonchev–Trinajstić information content (AvgIpc) is 3.07. The Morgan fingerprint density at radius 2 is 1.97 bits per heavy atom. The number of anilines is 1. The number of hydrogen-bond donors (Lipinski definition) is 5. The van der Waals surface area contributed by atoms with E-state index in [4.69, 9.17) is 5.11 Å². The predicted molar refractivity (Wildman–Crippen MR) is 115 cm³/mol. The van der Waals surface area contributed by atoms with Crippen LogP contribution in [0.2, 0.25) is 0 Å². The number of aliphatic carboxylic acids is 1. The number of rotatable bonds is 7. The SMILES string of the molecule is CC1(CC(=O)O)Nc2ccc(C(=O)CNCc3nc4cc(F)c(F)cc4[nH]3)cc2CNC1=O. The van der Waals surface area contributed by atoms with E-state index < -0.39 is 35.5 Å². The lowest BCUT2D eigenvalue weighted by Gasteiger charge is -2.26. The maximum Gasteiger partial charge on any atom is 0.306 e. The van der Waals surface area contributed by atoms with Gasteiger partial charge in [-0.25, -0.2) is 13.8 Å². The Balaban J connectivity index is 1.41. The fraction of sp³-hybridized carbons (Fsp3) is 0.273. The van der Waals surface area contributed by atoms with Gasteiger partial charge < -0.3 is 26.0 Å². The second kappa shape index (κ2) is 8.58. The van der Waals surface area contributed by atoms with Gasteiger partial charge in [0.25, 0.3) is 0 Å². The normalized spacial score (nSPS) is 17.7. The summed E-state index contributed by atoms with van der Waals surface area (Å²) in [5.41, 5.74) is 0.961. The first-order valence-electron chi connectivity index (χ1n) is 10.1. The third-order valence-electron chi connectivity index (χ3n) is 5.43. The first-order chi connectivity index (χ1) is 15.6. The molecule has 1 unspecified atom stereocenters. The molecule has 2 aromatic carbocycles. The maximum atomic E-state index is 13.3. The molecule has 1 aliphatic heterocycles. The molecule has 0 aliphatic carbocycles. The van der Waals surface area contributed by atoms with Gasteiger partial charge >= 0.3 is 5.97 Å². The molecule has 1 aromatic heterocycles. The van der Waals surface area contributed by atoms with Gasteiger partial charge in [-0.2, -0.15) is 0 Å². The van der Waals surface area contributed by atoms with Gasteiger partial charge in [0, 0.05) is 29.9 Å². The number of carbonyl (C=O) groups is 3. The van der Waals surface area contributed by atoms with Crippen LogP contribution >= 0.6 is 0 Å². The van der Waals surface area contributed by atoms with Gasteiger partial charge in [-0.3, -0.25) is 14.4 Å². The van der Waals surface area contributed by atoms with Crippen molar-refractivity contribution in [2.24, 2.45) is 0 Å². The Kier molecular flexibility index (Phi) is 5.81. The molecule has 2 heterocycles. The van der Waals surface area contributed by atoms with E-state index in [0.717, 1.165) is 12.1 Å². The van der Waals surface area contributed by atoms with Crippen molar-refractivity contribution in [1.82, 2.24) is 20.6 Å². The molecule has 0 bridgehead atoms. The number of nitrogens with one attached hydrogen (secondary N) is 4. The van der Waals surface area contributed by atoms with Gasteiger partial charge in [-0.1, -0.05) is 0 Å². The number of aromatic amines is 1. The Labute approximate surface area is 186 Å². The summed E-state index contributed by atoms with van der Waals surface area (Å²) in [4.78, 5) is 43.2. The van der Waals surface area contributed by atoms with Crippen molar-refractivity contribution in [2.75, 3.05) is 11.9 Å². The highest BCUT2D eigenvalue weighted by Crippen LogP contribution is 2.27. The summed E-state index contributed by atoms with van der Waals surface area (Å²) in [6.07, 6.45) is -0.399. The van der Waals surface area contributed by atoms with Gasteiger partial charge in [0.1, 0.15) is 11.4 Å². The number of H-pyrrole nitrogens is 1. The zero-order valence-electron chi connectivity index (χ0n) is 17.6. The molecule has 11 heteroatoms. The monoisotopic (exact) mass is 457 g/mol. The van der Waals surface area contributed by atoms with Crippen molar-refractivity contribution in [3.8, 4) is 0 Å². The fourth-order valence-corrected chi connectivity index (χ4v) is 3.72. The minimum atomic E-state index is -1.32. The molecule has 1 amide bonds. The van der Waals surface area contributed by atoms with Gasteiger partial charge in [-0.05, 0) is 30.7 Å². The number of nitrogens with zero attached hydrogens (tertiary/aromatic N) is 1. The van der Waals surface area contributed by atoms with Crippen LogP contribution in [-0.2, 0) is 22.7 Å². The first-order valence-corrected chi connectivity index (χ1v) is 10.1. The summed E-state index contributed by atoms with van der Waals surface area (Å²) in [6.45, 7) is 1.82. The number of amides is 1.